The highest BCUT2D eigenvalue weighted by molar-refractivity contribution is 5.93. The lowest BCUT2D eigenvalue weighted by molar-refractivity contribution is -0.323. The molecule has 4 rings (SSSR count). The van der Waals surface area contributed by atoms with Gasteiger partial charge in [-0.1, -0.05) is 0 Å². The highest BCUT2D eigenvalue weighted by atomic mass is 19.1. The number of carbonyl (C=O) groups is 2. The molecule has 0 bridgehead atoms. The number of carbonyl (C=O) groups excluding carboxylic acids is 2. The zero-order valence-corrected chi connectivity index (χ0v) is 14.7. The zero-order chi connectivity index (χ0) is 19.2. The van der Waals surface area contributed by atoms with Crippen LogP contribution in [-0.2, 0) is 25.6 Å². The van der Waals surface area contributed by atoms with E-state index in [4.69, 9.17) is 9.47 Å². The van der Waals surface area contributed by atoms with E-state index in [1.807, 2.05) is 16.8 Å². The molecular formula is C19H19FN2O5. The maximum Gasteiger partial charge on any atom is 0.350 e. The van der Waals surface area contributed by atoms with E-state index >= 15 is 0 Å². The van der Waals surface area contributed by atoms with E-state index < -0.39 is 23.5 Å². The first kappa shape index (κ1) is 17.7. The summed E-state index contributed by atoms with van der Waals surface area (Å²) in [5.74, 6) is -3.69. The van der Waals surface area contributed by atoms with Crippen molar-refractivity contribution in [2.24, 2.45) is 0 Å². The van der Waals surface area contributed by atoms with Crippen LogP contribution in [0.5, 0.6) is 0 Å². The second-order valence-electron chi connectivity index (χ2n) is 6.98. The van der Waals surface area contributed by atoms with E-state index in [1.54, 1.807) is 11.0 Å². The molecule has 1 saturated heterocycles. The van der Waals surface area contributed by atoms with Gasteiger partial charge in [0.1, 0.15) is 5.82 Å². The number of aliphatic hydroxyl groups is 1. The van der Waals surface area contributed by atoms with Crippen molar-refractivity contribution >= 4 is 22.8 Å². The predicted octanol–water partition coefficient (Wildman–Crippen LogP) is 1.55. The number of esters is 2. The summed E-state index contributed by atoms with van der Waals surface area (Å²) in [5.41, 5.74) is -0.695. The molecule has 2 aliphatic rings. The van der Waals surface area contributed by atoms with Crippen molar-refractivity contribution in [2.75, 3.05) is 13.1 Å². The van der Waals surface area contributed by atoms with Gasteiger partial charge in [-0.2, -0.15) is 0 Å². The quantitative estimate of drug-likeness (QED) is 0.821. The number of hydrogen-bond donors (Lipinski definition) is 1. The predicted molar refractivity (Wildman–Crippen MR) is 92.8 cm³/mol. The molecule has 1 fully saturated rings. The van der Waals surface area contributed by atoms with E-state index in [2.05, 4.69) is 0 Å². The van der Waals surface area contributed by atoms with Crippen LogP contribution >= 0.6 is 0 Å². The fourth-order valence-electron chi connectivity index (χ4n) is 3.70. The van der Waals surface area contributed by atoms with Crippen molar-refractivity contribution in [1.29, 1.82) is 0 Å². The molecular weight excluding hydrogens is 355 g/mol. The summed E-state index contributed by atoms with van der Waals surface area (Å²) in [6.45, 7) is 2.67. The Morgan fingerprint density at radius 2 is 1.85 bits per heavy atom. The number of aromatic nitrogens is 1. The Balaban J connectivity index is 1.60. The molecule has 27 heavy (non-hydrogen) atoms. The largest absolute Gasteiger partial charge is 0.402 e. The highest BCUT2D eigenvalue weighted by Gasteiger charge is 2.63. The van der Waals surface area contributed by atoms with Crippen molar-refractivity contribution in [3.05, 3.63) is 48.4 Å². The fourth-order valence-corrected chi connectivity index (χ4v) is 3.70. The first-order valence-electron chi connectivity index (χ1n) is 8.67. The number of fused-ring (bicyclic) bond motifs is 1. The van der Waals surface area contributed by atoms with Gasteiger partial charge < -0.3 is 19.1 Å². The molecule has 1 atom stereocenters. The van der Waals surface area contributed by atoms with Gasteiger partial charge in [0.2, 0.25) is 0 Å². The van der Waals surface area contributed by atoms with Gasteiger partial charge in [0, 0.05) is 48.9 Å². The second-order valence-corrected chi connectivity index (χ2v) is 6.98. The number of nitrogens with zero attached hydrogens (tertiary/aromatic N) is 2. The summed E-state index contributed by atoms with van der Waals surface area (Å²) < 4.78 is 26.0. The molecule has 1 N–H and O–H groups in total. The molecule has 1 spiro atoms. The third kappa shape index (κ3) is 2.90. The number of halogens is 1. The standard InChI is InChI=1S/C19H19FN2O5/c1-18(25)7-9-22(19(18)26-16(23)4-5-17(24)27-19)11-10-21-8-6-13-12-14(20)2-3-15(13)21/h2-6,8,12,25H,7,9-11H2,1H3. The lowest BCUT2D eigenvalue weighted by Crippen LogP contribution is -2.61. The van der Waals surface area contributed by atoms with Crippen LogP contribution in [0.4, 0.5) is 4.39 Å². The van der Waals surface area contributed by atoms with Gasteiger partial charge in [0.15, 0.2) is 5.60 Å². The average Bonchev–Trinajstić information content (AvgIpc) is 3.04. The molecule has 1 aromatic heterocycles. The zero-order valence-electron chi connectivity index (χ0n) is 14.7. The van der Waals surface area contributed by atoms with Crippen LogP contribution in [0.2, 0.25) is 0 Å². The van der Waals surface area contributed by atoms with Crippen LogP contribution in [0.3, 0.4) is 0 Å². The van der Waals surface area contributed by atoms with Gasteiger partial charge in [0.25, 0.3) is 0 Å². The van der Waals surface area contributed by atoms with Gasteiger partial charge in [-0.25, -0.2) is 18.9 Å². The van der Waals surface area contributed by atoms with Gasteiger partial charge in [-0.15, -0.1) is 0 Å². The van der Waals surface area contributed by atoms with Crippen LogP contribution in [0.25, 0.3) is 10.9 Å². The molecule has 2 aromatic rings. The molecule has 1 aromatic carbocycles. The Bertz CT molecular complexity index is 929. The van der Waals surface area contributed by atoms with Crippen LogP contribution in [0.1, 0.15) is 13.3 Å². The molecule has 0 radical (unpaired) electrons. The third-order valence-corrected chi connectivity index (χ3v) is 5.14. The molecule has 142 valence electrons. The van der Waals surface area contributed by atoms with Crippen LogP contribution in [0, 0.1) is 5.82 Å². The number of ether oxygens (including phenoxy) is 2. The first-order chi connectivity index (χ1) is 12.8. The lowest BCUT2D eigenvalue weighted by atomic mass is 10.0. The summed E-state index contributed by atoms with van der Waals surface area (Å²) in [4.78, 5) is 25.5. The Morgan fingerprint density at radius 3 is 2.56 bits per heavy atom. The van der Waals surface area contributed by atoms with Gasteiger partial charge in [-0.05, 0) is 37.6 Å². The minimum atomic E-state index is -1.88. The smallest absolute Gasteiger partial charge is 0.350 e. The summed E-state index contributed by atoms with van der Waals surface area (Å²) in [6, 6.07) is 6.34. The normalized spacial score (nSPS) is 25.0. The average molecular weight is 374 g/mol. The van der Waals surface area contributed by atoms with Gasteiger partial charge >= 0.3 is 17.8 Å². The van der Waals surface area contributed by atoms with E-state index in [1.165, 1.54) is 19.1 Å². The molecule has 0 amide bonds. The minimum absolute atomic E-state index is 0.269. The van der Waals surface area contributed by atoms with Crippen LogP contribution < -0.4 is 0 Å². The Hall–Kier alpha value is -2.71. The highest BCUT2D eigenvalue weighted by Crippen LogP contribution is 2.41. The van der Waals surface area contributed by atoms with Crippen molar-refractivity contribution in [1.82, 2.24) is 9.47 Å². The maximum atomic E-state index is 13.4. The number of hydrogen-bond acceptors (Lipinski definition) is 6. The van der Waals surface area contributed by atoms with E-state index in [9.17, 15) is 19.1 Å². The van der Waals surface area contributed by atoms with E-state index in [0.29, 0.717) is 19.6 Å². The molecule has 0 saturated carbocycles. The minimum Gasteiger partial charge on any atom is -0.402 e. The Kier molecular flexibility index (Phi) is 4.05. The van der Waals surface area contributed by atoms with Crippen molar-refractivity contribution < 1.29 is 28.6 Å². The van der Waals surface area contributed by atoms with Gasteiger partial charge in [0.05, 0.1) is 0 Å². The topological polar surface area (TPSA) is 81.0 Å². The van der Waals surface area contributed by atoms with Crippen LogP contribution in [-0.4, -0.2) is 51.1 Å². The van der Waals surface area contributed by atoms with Crippen molar-refractivity contribution in [3.8, 4) is 0 Å². The van der Waals surface area contributed by atoms with E-state index in [0.717, 1.165) is 23.1 Å². The Labute approximate surface area is 154 Å². The third-order valence-electron chi connectivity index (χ3n) is 5.14. The molecule has 1 unspecified atom stereocenters. The number of rotatable bonds is 3. The number of benzene rings is 1. The van der Waals surface area contributed by atoms with E-state index in [-0.39, 0.29) is 12.2 Å². The fraction of sp³-hybridized carbons (Fsp3) is 0.368. The summed E-state index contributed by atoms with van der Waals surface area (Å²) in [6.07, 6.45) is 4.07. The maximum absolute atomic E-state index is 13.4. The molecule has 7 nitrogen and oxygen atoms in total. The molecule has 3 heterocycles. The monoisotopic (exact) mass is 374 g/mol. The lowest BCUT2D eigenvalue weighted by Gasteiger charge is -2.41. The summed E-state index contributed by atoms with van der Waals surface area (Å²) in [7, 11) is 0. The summed E-state index contributed by atoms with van der Waals surface area (Å²) >= 11 is 0. The molecule has 0 aliphatic carbocycles. The molecule has 2 aliphatic heterocycles. The summed E-state index contributed by atoms with van der Waals surface area (Å²) in [5, 5.41) is 11.6. The van der Waals surface area contributed by atoms with Crippen molar-refractivity contribution in [3.63, 3.8) is 0 Å². The Morgan fingerprint density at radius 1 is 1.15 bits per heavy atom. The number of likely N-dealkylation sites (tertiary alicyclic amines) is 1. The molecule has 8 heteroatoms. The SMILES string of the molecule is CC1(O)CCN(CCn2ccc3cc(F)ccc32)C12OC(=O)C=CC(=O)O2. The van der Waals surface area contributed by atoms with Crippen LogP contribution in [0.15, 0.2) is 42.6 Å². The first-order valence-corrected chi connectivity index (χ1v) is 8.67. The second kappa shape index (κ2) is 6.17. The van der Waals surface area contributed by atoms with Gasteiger partial charge in [-0.3, -0.25) is 0 Å². The van der Waals surface area contributed by atoms with Crippen molar-refractivity contribution in [2.45, 2.75) is 31.4 Å².